The van der Waals surface area contributed by atoms with Crippen molar-refractivity contribution in [1.82, 2.24) is 14.9 Å². The summed E-state index contributed by atoms with van der Waals surface area (Å²) in [6.07, 6.45) is 4.22. The van der Waals surface area contributed by atoms with E-state index in [1.165, 1.54) is 6.20 Å². The molecule has 2 N–H and O–H groups in total. The molecule has 0 spiro atoms. The smallest absolute Gasteiger partial charge is 0.309 e. The summed E-state index contributed by atoms with van der Waals surface area (Å²) in [7, 11) is 1.58. The van der Waals surface area contributed by atoms with Gasteiger partial charge in [-0.3, -0.25) is 9.78 Å². The number of fused-ring (bicyclic) bond motifs is 1. The number of thioether (sulfide) groups is 1. The highest BCUT2D eigenvalue weighted by Crippen LogP contribution is 2.41. The summed E-state index contributed by atoms with van der Waals surface area (Å²) >= 11 is 8.14. The number of carbonyl (C=O) groups is 1. The summed E-state index contributed by atoms with van der Waals surface area (Å²) in [4.78, 5) is 23.3. The molecule has 1 aliphatic rings. The average Bonchev–Trinajstić information content (AvgIpc) is 2.88. The SMILES string of the molecule is COc1ccc2ncc(Cl)c([C@H](O)CCC3(C(=O)O)CCN(CCSc4ccccn4)CC3)c2c1. The summed E-state index contributed by atoms with van der Waals surface area (Å²) in [5.74, 6) is 0.762. The number of nitrogens with zero attached hydrogens (tertiary/aromatic N) is 3. The maximum atomic E-state index is 12.3. The number of benzene rings is 1. The lowest BCUT2D eigenvalue weighted by atomic mass is 9.74. The maximum absolute atomic E-state index is 12.3. The Morgan fingerprint density at radius 2 is 2.06 bits per heavy atom. The van der Waals surface area contributed by atoms with Gasteiger partial charge in [0, 0.05) is 35.6 Å². The van der Waals surface area contributed by atoms with Crippen molar-refractivity contribution >= 4 is 40.2 Å². The van der Waals surface area contributed by atoms with Gasteiger partial charge in [-0.15, -0.1) is 11.8 Å². The van der Waals surface area contributed by atoms with E-state index in [0.29, 0.717) is 52.9 Å². The predicted molar refractivity (Wildman–Crippen MR) is 138 cm³/mol. The molecule has 0 unspecified atom stereocenters. The minimum absolute atomic E-state index is 0.303. The molecule has 1 aliphatic heterocycles. The maximum Gasteiger partial charge on any atom is 0.309 e. The number of hydrogen-bond donors (Lipinski definition) is 2. The lowest BCUT2D eigenvalue weighted by Crippen LogP contribution is -2.45. The Hall–Kier alpha value is -2.39. The number of aliphatic carboxylic acids is 1. The standard InChI is InChI=1S/C26H30ClN3O4S/c1-34-18-5-6-21-19(16-18)24(20(27)17-29-21)22(31)7-8-26(25(32)33)9-12-30(13-10-26)14-15-35-23-4-2-3-11-28-23/h2-6,11,16-17,22,31H,7-10,12-15H2,1H3,(H,32,33)/t22-/m1/s1. The number of halogens is 1. The molecule has 0 saturated carbocycles. The highest BCUT2D eigenvalue weighted by molar-refractivity contribution is 7.99. The molecule has 1 atom stereocenters. The van der Waals surface area contributed by atoms with Crippen LogP contribution in [0.5, 0.6) is 5.75 Å². The van der Waals surface area contributed by atoms with Crippen LogP contribution in [0.25, 0.3) is 10.9 Å². The minimum atomic E-state index is -0.899. The van der Waals surface area contributed by atoms with E-state index >= 15 is 0 Å². The van der Waals surface area contributed by atoms with Gasteiger partial charge >= 0.3 is 5.97 Å². The Balaban J connectivity index is 1.38. The zero-order valence-electron chi connectivity index (χ0n) is 19.7. The first-order valence-electron chi connectivity index (χ1n) is 11.7. The van der Waals surface area contributed by atoms with Gasteiger partial charge in [-0.05, 0) is 69.1 Å². The molecular formula is C26H30ClN3O4S. The highest BCUT2D eigenvalue weighted by Gasteiger charge is 2.41. The summed E-state index contributed by atoms with van der Waals surface area (Å²) in [5.41, 5.74) is 0.424. The van der Waals surface area contributed by atoms with Crippen LogP contribution in [-0.4, -0.2) is 63.5 Å². The second kappa shape index (κ2) is 11.6. The van der Waals surface area contributed by atoms with Crippen molar-refractivity contribution in [2.75, 3.05) is 32.5 Å². The molecule has 1 saturated heterocycles. The Bertz CT molecular complexity index is 1160. The molecule has 1 aromatic carbocycles. The summed E-state index contributed by atoms with van der Waals surface area (Å²) in [6.45, 7) is 2.34. The van der Waals surface area contributed by atoms with Crippen LogP contribution in [0.2, 0.25) is 5.02 Å². The van der Waals surface area contributed by atoms with Crippen molar-refractivity contribution in [3.8, 4) is 5.75 Å². The second-order valence-corrected chi connectivity index (χ2v) is 10.4. The average molecular weight is 516 g/mol. The van der Waals surface area contributed by atoms with E-state index in [-0.39, 0.29) is 0 Å². The normalized spacial score (nSPS) is 16.8. The number of methoxy groups -OCH3 is 1. The van der Waals surface area contributed by atoms with Crippen molar-refractivity contribution in [2.45, 2.75) is 36.8 Å². The number of aliphatic hydroxyl groups excluding tert-OH is 1. The van der Waals surface area contributed by atoms with Gasteiger partial charge in [0.25, 0.3) is 0 Å². The first-order chi connectivity index (χ1) is 16.9. The van der Waals surface area contributed by atoms with Crippen LogP contribution in [0, 0.1) is 5.41 Å². The van der Waals surface area contributed by atoms with Gasteiger partial charge < -0.3 is 19.8 Å². The van der Waals surface area contributed by atoms with E-state index in [4.69, 9.17) is 16.3 Å². The van der Waals surface area contributed by atoms with Crippen molar-refractivity contribution < 1.29 is 19.7 Å². The van der Waals surface area contributed by atoms with Crippen LogP contribution in [0.1, 0.15) is 37.4 Å². The van der Waals surface area contributed by atoms with Crippen molar-refractivity contribution in [3.05, 3.63) is 59.4 Å². The number of rotatable bonds is 10. The summed E-state index contributed by atoms with van der Waals surface area (Å²) in [6, 6.07) is 11.3. The van der Waals surface area contributed by atoms with Crippen LogP contribution in [-0.2, 0) is 4.79 Å². The number of likely N-dealkylation sites (tertiary alicyclic amines) is 1. The van der Waals surface area contributed by atoms with E-state index in [2.05, 4.69) is 14.9 Å². The van der Waals surface area contributed by atoms with Gasteiger partial charge in [0.2, 0.25) is 0 Å². The summed E-state index contributed by atoms with van der Waals surface area (Å²) < 4.78 is 5.32. The van der Waals surface area contributed by atoms with Gasteiger partial charge in [-0.1, -0.05) is 17.7 Å². The van der Waals surface area contributed by atoms with Crippen LogP contribution in [0.3, 0.4) is 0 Å². The number of piperidine rings is 1. The molecule has 3 aromatic rings. The van der Waals surface area contributed by atoms with Gasteiger partial charge in [0.1, 0.15) is 5.75 Å². The van der Waals surface area contributed by atoms with Crippen molar-refractivity contribution in [1.29, 1.82) is 0 Å². The topological polar surface area (TPSA) is 95.8 Å². The van der Waals surface area contributed by atoms with E-state index in [1.54, 1.807) is 31.1 Å². The Kier molecular flexibility index (Phi) is 8.49. The van der Waals surface area contributed by atoms with E-state index in [0.717, 1.165) is 30.4 Å². The highest BCUT2D eigenvalue weighted by atomic mass is 35.5. The second-order valence-electron chi connectivity index (χ2n) is 8.90. The zero-order chi connectivity index (χ0) is 24.8. The lowest BCUT2D eigenvalue weighted by molar-refractivity contribution is -0.153. The predicted octanol–water partition coefficient (Wildman–Crippen LogP) is 5.06. The molecule has 1 fully saturated rings. The van der Waals surface area contributed by atoms with Crippen LogP contribution < -0.4 is 4.74 Å². The molecule has 4 rings (SSSR count). The molecule has 3 heterocycles. The number of carboxylic acids is 1. The number of hydrogen-bond acceptors (Lipinski definition) is 7. The van der Waals surface area contributed by atoms with E-state index in [1.807, 2.05) is 30.3 Å². The van der Waals surface area contributed by atoms with Crippen molar-refractivity contribution in [2.24, 2.45) is 5.41 Å². The minimum Gasteiger partial charge on any atom is -0.497 e. The van der Waals surface area contributed by atoms with Gasteiger partial charge in [0.15, 0.2) is 0 Å². The Morgan fingerprint density at radius 1 is 1.26 bits per heavy atom. The van der Waals surface area contributed by atoms with Crippen LogP contribution in [0.4, 0.5) is 0 Å². The van der Waals surface area contributed by atoms with Gasteiger partial charge in [0.05, 0.1) is 34.2 Å². The van der Waals surface area contributed by atoms with Gasteiger partial charge in [-0.25, -0.2) is 4.98 Å². The Morgan fingerprint density at radius 3 is 2.74 bits per heavy atom. The Labute approximate surface area is 214 Å². The van der Waals surface area contributed by atoms with E-state index in [9.17, 15) is 15.0 Å². The molecule has 7 nitrogen and oxygen atoms in total. The monoisotopic (exact) mass is 515 g/mol. The first-order valence-corrected chi connectivity index (χ1v) is 13.1. The first kappa shape index (κ1) is 25.7. The third-order valence-corrected chi connectivity index (χ3v) is 8.08. The molecule has 35 heavy (non-hydrogen) atoms. The molecule has 0 bridgehead atoms. The third kappa shape index (κ3) is 6.06. The fourth-order valence-electron chi connectivity index (χ4n) is 4.68. The van der Waals surface area contributed by atoms with Crippen LogP contribution in [0.15, 0.2) is 53.8 Å². The summed E-state index contributed by atoms with van der Waals surface area (Å²) in [5, 5.41) is 23.3. The number of pyridine rings is 2. The molecule has 0 aliphatic carbocycles. The molecule has 9 heteroatoms. The van der Waals surface area contributed by atoms with Crippen LogP contribution >= 0.6 is 23.4 Å². The molecule has 0 amide bonds. The fourth-order valence-corrected chi connectivity index (χ4v) is 5.82. The zero-order valence-corrected chi connectivity index (χ0v) is 21.3. The number of aliphatic hydroxyl groups is 1. The lowest BCUT2D eigenvalue weighted by Gasteiger charge is -2.39. The number of ether oxygens (including phenoxy) is 1. The number of carboxylic acid groups (broad SMARTS) is 1. The van der Waals surface area contributed by atoms with Crippen molar-refractivity contribution in [3.63, 3.8) is 0 Å². The van der Waals surface area contributed by atoms with Gasteiger partial charge in [-0.2, -0.15) is 0 Å². The fraction of sp³-hybridized carbons (Fsp3) is 0.423. The molecule has 186 valence electrons. The largest absolute Gasteiger partial charge is 0.497 e. The molecule has 0 radical (unpaired) electrons. The molecular weight excluding hydrogens is 486 g/mol. The molecule has 2 aromatic heterocycles. The number of aromatic nitrogens is 2. The third-order valence-electron chi connectivity index (χ3n) is 6.86. The van der Waals surface area contributed by atoms with E-state index < -0.39 is 17.5 Å². The quantitative estimate of drug-likeness (QED) is 0.361.